The predicted octanol–water partition coefficient (Wildman–Crippen LogP) is 3.49. The summed E-state index contributed by atoms with van der Waals surface area (Å²) in [5.74, 6) is 0.0494. The Balaban J connectivity index is 2.31. The van der Waals surface area contributed by atoms with Crippen molar-refractivity contribution in [3.05, 3.63) is 53.2 Å². The van der Waals surface area contributed by atoms with E-state index >= 15 is 0 Å². The summed E-state index contributed by atoms with van der Waals surface area (Å²) in [7, 11) is 0. The summed E-state index contributed by atoms with van der Waals surface area (Å²) in [4.78, 5) is 3.96. The maximum atomic E-state index is 12.5. The minimum Gasteiger partial charge on any atom is -0.438 e. The van der Waals surface area contributed by atoms with Crippen LogP contribution < -0.4 is 10.5 Å². The minimum atomic E-state index is -4.40. The second-order valence-corrected chi connectivity index (χ2v) is 4.35. The Bertz CT molecular complexity index is 666. The molecule has 0 aliphatic rings. The first-order chi connectivity index (χ1) is 9.79. The van der Waals surface area contributed by atoms with Crippen LogP contribution in [0.4, 0.5) is 13.2 Å². The van der Waals surface area contributed by atoms with E-state index in [2.05, 4.69) is 4.98 Å². The van der Waals surface area contributed by atoms with Gasteiger partial charge in [-0.3, -0.25) is 5.41 Å². The van der Waals surface area contributed by atoms with Gasteiger partial charge in [0.2, 0.25) is 5.88 Å². The number of aryl methyl sites for hydroxylation is 1. The van der Waals surface area contributed by atoms with Gasteiger partial charge in [0.15, 0.2) is 0 Å². The van der Waals surface area contributed by atoms with Crippen LogP contribution in [0.1, 0.15) is 16.7 Å². The van der Waals surface area contributed by atoms with E-state index in [1.165, 1.54) is 18.3 Å². The maximum absolute atomic E-state index is 12.5. The lowest BCUT2D eigenvalue weighted by Gasteiger charge is -2.12. The molecule has 1 aromatic heterocycles. The van der Waals surface area contributed by atoms with Crippen molar-refractivity contribution in [3.8, 4) is 11.6 Å². The van der Waals surface area contributed by atoms with Gasteiger partial charge in [-0.2, -0.15) is 13.2 Å². The van der Waals surface area contributed by atoms with Crippen molar-refractivity contribution < 1.29 is 17.9 Å². The fraction of sp³-hybridized carbons (Fsp3) is 0.143. The number of nitrogens with zero attached hydrogens (tertiary/aromatic N) is 1. The van der Waals surface area contributed by atoms with Gasteiger partial charge in [-0.25, -0.2) is 4.98 Å². The van der Waals surface area contributed by atoms with Gasteiger partial charge in [-0.15, -0.1) is 0 Å². The Hall–Kier alpha value is -2.57. The minimum absolute atomic E-state index is 0.0854. The molecule has 0 fully saturated rings. The lowest BCUT2D eigenvalue weighted by molar-refractivity contribution is -0.137. The third-order valence-electron chi connectivity index (χ3n) is 2.79. The van der Waals surface area contributed by atoms with Crippen LogP contribution in [-0.2, 0) is 6.18 Å². The third kappa shape index (κ3) is 3.31. The molecule has 1 heterocycles. The Morgan fingerprint density at radius 1 is 1.19 bits per heavy atom. The Labute approximate surface area is 118 Å². The van der Waals surface area contributed by atoms with Gasteiger partial charge in [0.05, 0.1) is 11.1 Å². The number of nitrogens with two attached hydrogens (primary N) is 1. The van der Waals surface area contributed by atoms with Crippen LogP contribution in [0, 0.1) is 12.3 Å². The molecule has 0 spiro atoms. The average molecular weight is 295 g/mol. The molecule has 4 nitrogen and oxygen atoms in total. The standard InChI is InChI=1S/C14H12F3N3O/c1-8-6-7-20-13(11(8)12(18)19)21-10-4-2-9(3-5-10)14(15,16)17/h2-7H,1H3,(H3,18,19). The summed E-state index contributed by atoms with van der Waals surface area (Å²) in [5, 5.41) is 7.51. The van der Waals surface area contributed by atoms with Crippen molar-refractivity contribution in [2.24, 2.45) is 5.73 Å². The number of aromatic nitrogens is 1. The predicted molar refractivity (Wildman–Crippen MR) is 71.5 cm³/mol. The molecule has 2 rings (SSSR count). The van der Waals surface area contributed by atoms with Gasteiger partial charge in [0.25, 0.3) is 0 Å². The summed E-state index contributed by atoms with van der Waals surface area (Å²) in [6.07, 6.45) is -2.92. The summed E-state index contributed by atoms with van der Waals surface area (Å²) in [5.41, 5.74) is 5.71. The summed E-state index contributed by atoms with van der Waals surface area (Å²) in [6, 6.07) is 5.88. The number of benzene rings is 1. The van der Waals surface area contributed by atoms with Crippen LogP contribution in [0.2, 0.25) is 0 Å². The van der Waals surface area contributed by atoms with Gasteiger partial charge in [0.1, 0.15) is 11.6 Å². The lowest BCUT2D eigenvalue weighted by Crippen LogP contribution is -2.14. The van der Waals surface area contributed by atoms with Crippen LogP contribution >= 0.6 is 0 Å². The highest BCUT2D eigenvalue weighted by molar-refractivity contribution is 5.98. The topological polar surface area (TPSA) is 72.0 Å². The fourth-order valence-corrected chi connectivity index (χ4v) is 1.76. The molecule has 0 bridgehead atoms. The molecule has 0 aliphatic heterocycles. The molecule has 21 heavy (non-hydrogen) atoms. The molecule has 7 heteroatoms. The highest BCUT2D eigenvalue weighted by Gasteiger charge is 2.30. The monoisotopic (exact) mass is 295 g/mol. The summed E-state index contributed by atoms with van der Waals surface area (Å²) in [6.45, 7) is 1.73. The second-order valence-electron chi connectivity index (χ2n) is 4.35. The molecular formula is C14H12F3N3O. The number of ether oxygens (including phenoxy) is 1. The van der Waals surface area contributed by atoms with Gasteiger partial charge in [0, 0.05) is 6.20 Å². The average Bonchev–Trinajstić information content (AvgIpc) is 2.38. The lowest BCUT2D eigenvalue weighted by atomic mass is 10.1. The van der Waals surface area contributed by atoms with E-state index < -0.39 is 11.7 Å². The van der Waals surface area contributed by atoms with E-state index in [0.29, 0.717) is 11.1 Å². The number of amidine groups is 1. The molecule has 0 radical (unpaired) electrons. The number of alkyl halides is 3. The molecule has 0 unspecified atom stereocenters. The number of nitrogen functional groups attached to an aromatic ring is 1. The van der Waals surface area contributed by atoms with Gasteiger partial charge in [-0.05, 0) is 42.8 Å². The SMILES string of the molecule is Cc1ccnc(Oc2ccc(C(F)(F)F)cc2)c1C(=N)N. The first-order valence-corrected chi connectivity index (χ1v) is 5.94. The zero-order chi connectivity index (χ0) is 15.6. The zero-order valence-corrected chi connectivity index (χ0v) is 11.0. The summed E-state index contributed by atoms with van der Waals surface area (Å²) < 4.78 is 42.8. The van der Waals surface area contributed by atoms with Gasteiger partial charge in [-0.1, -0.05) is 0 Å². The third-order valence-corrected chi connectivity index (χ3v) is 2.79. The molecule has 0 saturated heterocycles. The summed E-state index contributed by atoms with van der Waals surface area (Å²) >= 11 is 0. The molecule has 2 aromatic rings. The van der Waals surface area contributed by atoms with Gasteiger partial charge >= 0.3 is 6.18 Å². The number of pyridine rings is 1. The fourth-order valence-electron chi connectivity index (χ4n) is 1.76. The van der Waals surface area contributed by atoms with E-state index in [-0.39, 0.29) is 17.5 Å². The van der Waals surface area contributed by atoms with Crippen molar-refractivity contribution in [1.29, 1.82) is 5.41 Å². The second kappa shape index (κ2) is 5.43. The highest BCUT2D eigenvalue weighted by atomic mass is 19.4. The molecule has 110 valence electrons. The van der Waals surface area contributed by atoms with Crippen molar-refractivity contribution in [1.82, 2.24) is 4.98 Å². The largest absolute Gasteiger partial charge is 0.438 e. The van der Waals surface area contributed by atoms with Crippen molar-refractivity contribution in [3.63, 3.8) is 0 Å². The van der Waals surface area contributed by atoms with E-state index in [1.54, 1.807) is 13.0 Å². The quantitative estimate of drug-likeness (QED) is 0.672. The van der Waals surface area contributed by atoms with Crippen LogP contribution in [0.15, 0.2) is 36.5 Å². The number of halogens is 3. The maximum Gasteiger partial charge on any atom is 0.416 e. The van der Waals surface area contributed by atoms with E-state index in [9.17, 15) is 13.2 Å². The van der Waals surface area contributed by atoms with Crippen LogP contribution in [0.3, 0.4) is 0 Å². The highest BCUT2D eigenvalue weighted by Crippen LogP contribution is 2.31. The first-order valence-electron chi connectivity index (χ1n) is 5.94. The van der Waals surface area contributed by atoms with Crippen LogP contribution in [-0.4, -0.2) is 10.8 Å². The number of rotatable bonds is 3. The Kier molecular flexibility index (Phi) is 3.84. The Morgan fingerprint density at radius 2 is 1.81 bits per heavy atom. The normalized spacial score (nSPS) is 11.2. The molecule has 1 aromatic carbocycles. The van der Waals surface area contributed by atoms with Crippen molar-refractivity contribution >= 4 is 5.84 Å². The molecule has 0 saturated carbocycles. The molecule has 0 aliphatic carbocycles. The number of nitrogens with one attached hydrogen (secondary N) is 1. The van der Waals surface area contributed by atoms with Crippen LogP contribution in [0.5, 0.6) is 11.6 Å². The van der Waals surface area contributed by atoms with Crippen molar-refractivity contribution in [2.45, 2.75) is 13.1 Å². The van der Waals surface area contributed by atoms with E-state index in [0.717, 1.165) is 12.1 Å². The van der Waals surface area contributed by atoms with E-state index in [4.69, 9.17) is 15.9 Å². The zero-order valence-electron chi connectivity index (χ0n) is 11.0. The smallest absolute Gasteiger partial charge is 0.416 e. The molecule has 0 atom stereocenters. The Morgan fingerprint density at radius 3 is 2.33 bits per heavy atom. The van der Waals surface area contributed by atoms with Crippen molar-refractivity contribution in [2.75, 3.05) is 0 Å². The molecule has 3 N–H and O–H groups in total. The number of hydrogen-bond acceptors (Lipinski definition) is 3. The van der Waals surface area contributed by atoms with Gasteiger partial charge < -0.3 is 10.5 Å². The number of hydrogen-bond donors (Lipinski definition) is 2. The first kappa shape index (κ1) is 14.8. The molecular weight excluding hydrogens is 283 g/mol. The molecule has 0 amide bonds. The van der Waals surface area contributed by atoms with E-state index in [1.807, 2.05) is 0 Å². The van der Waals surface area contributed by atoms with Crippen LogP contribution in [0.25, 0.3) is 0 Å².